The number of fused-ring (bicyclic) bond motifs is 5. The van der Waals surface area contributed by atoms with E-state index in [1.165, 1.54) is 4.90 Å². The minimum Gasteiger partial charge on any atom is -0.497 e. The third-order valence-corrected chi connectivity index (χ3v) is 12.0. The van der Waals surface area contributed by atoms with Crippen LogP contribution in [0.1, 0.15) is 49.9 Å². The van der Waals surface area contributed by atoms with Crippen LogP contribution in [0.2, 0.25) is 0 Å². The molecule has 208 valence electrons. The number of ether oxygens (including phenoxy) is 1. The van der Waals surface area contributed by atoms with Crippen LogP contribution in [0.5, 0.6) is 5.75 Å². The van der Waals surface area contributed by atoms with Crippen LogP contribution in [0.15, 0.2) is 88.7 Å². The maximum atomic E-state index is 14.2. The van der Waals surface area contributed by atoms with E-state index in [2.05, 4.69) is 42.2 Å². The highest BCUT2D eigenvalue weighted by Gasteiger charge is 2.50. The number of rotatable bonds is 8. The molecule has 40 heavy (non-hydrogen) atoms. The zero-order valence-corrected chi connectivity index (χ0v) is 25.3. The SMILES string of the molecule is CC[C@@]12CCC(=S)N(CCSc3ccccc3)[C@@H]1c1c(n(S(=O)(=O)c3ccc(OC)cc3)c3ccccc13)CC2. The van der Waals surface area contributed by atoms with Gasteiger partial charge in [-0.1, -0.05) is 55.5 Å². The van der Waals surface area contributed by atoms with Gasteiger partial charge in [-0.15, -0.1) is 11.8 Å². The molecule has 2 heterocycles. The molecular weight excluding hydrogens is 557 g/mol. The number of hydrogen-bond donors (Lipinski definition) is 0. The van der Waals surface area contributed by atoms with Crippen LogP contribution in [-0.4, -0.2) is 41.7 Å². The van der Waals surface area contributed by atoms with E-state index in [0.717, 1.165) is 71.6 Å². The molecule has 4 aromatic rings. The highest BCUT2D eigenvalue weighted by molar-refractivity contribution is 7.99. The lowest BCUT2D eigenvalue weighted by atomic mass is 9.62. The number of benzene rings is 3. The van der Waals surface area contributed by atoms with Crippen LogP contribution < -0.4 is 4.74 Å². The first-order valence-electron chi connectivity index (χ1n) is 13.9. The maximum Gasteiger partial charge on any atom is 0.268 e. The van der Waals surface area contributed by atoms with Gasteiger partial charge in [0.05, 0.1) is 28.6 Å². The van der Waals surface area contributed by atoms with E-state index in [1.807, 2.05) is 36.0 Å². The molecule has 0 bridgehead atoms. The summed E-state index contributed by atoms with van der Waals surface area (Å²) in [6.45, 7) is 3.12. The van der Waals surface area contributed by atoms with Gasteiger partial charge in [0.1, 0.15) is 5.75 Å². The highest BCUT2D eigenvalue weighted by atomic mass is 32.2. The van der Waals surface area contributed by atoms with E-state index in [-0.39, 0.29) is 16.4 Å². The molecule has 0 unspecified atom stereocenters. The second-order valence-corrected chi connectivity index (χ2v) is 14.1. The van der Waals surface area contributed by atoms with Gasteiger partial charge >= 0.3 is 0 Å². The average molecular weight is 591 g/mol. The fraction of sp³-hybridized carbons (Fsp3) is 0.344. The zero-order valence-electron chi connectivity index (χ0n) is 22.9. The van der Waals surface area contributed by atoms with Gasteiger partial charge in [0, 0.05) is 33.8 Å². The summed E-state index contributed by atoms with van der Waals surface area (Å²) in [4.78, 5) is 4.94. The van der Waals surface area contributed by atoms with Crippen molar-refractivity contribution in [2.24, 2.45) is 5.41 Å². The Morgan fingerprint density at radius 2 is 1.68 bits per heavy atom. The molecule has 1 fully saturated rings. The van der Waals surface area contributed by atoms with Crippen LogP contribution in [0.25, 0.3) is 10.9 Å². The first-order chi connectivity index (χ1) is 19.4. The summed E-state index contributed by atoms with van der Waals surface area (Å²) in [5.74, 6) is 1.55. The molecule has 2 aliphatic rings. The third kappa shape index (κ3) is 4.54. The van der Waals surface area contributed by atoms with Crippen molar-refractivity contribution in [2.45, 2.75) is 54.9 Å². The lowest BCUT2D eigenvalue weighted by Crippen LogP contribution is -2.51. The Balaban J connectivity index is 1.48. The largest absolute Gasteiger partial charge is 0.497 e. The monoisotopic (exact) mass is 590 g/mol. The summed E-state index contributed by atoms with van der Waals surface area (Å²) in [7, 11) is -2.25. The number of likely N-dealkylation sites (tertiary alicyclic amines) is 1. The Morgan fingerprint density at radius 3 is 2.40 bits per heavy atom. The Bertz CT molecular complexity index is 1650. The quantitative estimate of drug-likeness (QED) is 0.157. The molecular formula is C32H34N2O3S3. The smallest absolute Gasteiger partial charge is 0.268 e. The molecule has 1 aliphatic heterocycles. The van der Waals surface area contributed by atoms with Crippen LogP contribution in [0.3, 0.4) is 0 Å². The van der Waals surface area contributed by atoms with Gasteiger partial charge in [0.15, 0.2) is 0 Å². The minimum atomic E-state index is -3.83. The number of thioether (sulfide) groups is 1. The standard InChI is InChI=1S/C32H34N2O3S3/c1-3-32-19-17-28-30(31(32)33(29(38)18-20-32)21-22-39-24-9-5-4-6-10-24)26-11-7-8-12-27(26)34(28)40(35,36)25-15-13-23(37-2)14-16-25/h4-16,31H,3,17-22H2,1-2H3/t31-,32-/m1/s1. The number of aromatic nitrogens is 1. The molecule has 6 rings (SSSR count). The number of para-hydroxylation sites is 1. The van der Waals surface area contributed by atoms with Crippen molar-refractivity contribution in [3.05, 3.63) is 90.1 Å². The molecule has 1 saturated heterocycles. The molecule has 3 aromatic carbocycles. The van der Waals surface area contributed by atoms with Gasteiger partial charge in [0.25, 0.3) is 10.0 Å². The van der Waals surface area contributed by atoms with Crippen molar-refractivity contribution in [2.75, 3.05) is 19.4 Å². The Labute approximate surface area is 246 Å². The van der Waals surface area contributed by atoms with Crippen LogP contribution >= 0.6 is 24.0 Å². The highest BCUT2D eigenvalue weighted by Crippen LogP contribution is 2.57. The van der Waals surface area contributed by atoms with Gasteiger partial charge in [-0.25, -0.2) is 12.4 Å². The van der Waals surface area contributed by atoms with Crippen molar-refractivity contribution in [1.82, 2.24) is 8.87 Å². The van der Waals surface area contributed by atoms with E-state index in [4.69, 9.17) is 17.0 Å². The summed E-state index contributed by atoms with van der Waals surface area (Å²) in [6.07, 6.45) is 4.66. The molecule has 0 amide bonds. The number of piperidine rings is 1. The van der Waals surface area contributed by atoms with Gasteiger partial charge in [-0.3, -0.25) is 0 Å². The van der Waals surface area contributed by atoms with Gasteiger partial charge in [0.2, 0.25) is 0 Å². The summed E-state index contributed by atoms with van der Waals surface area (Å²) in [5, 5.41) is 1.02. The third-order valence-electron chi connectivity index (χ3n) is 8.80. The second-order valence-electron chi connectivity index (χ2n) is 10.7. The lowest BCUT2D eigenvalue weighted by molar-refractivity contribution is 0.0612. The molecule has 0 N–H and O–H groups in total. The molecule has 5 nitrogen and oxygen atoms in total. The maximum absolute atomic E-state index is 14.2. The predicted molar refractivity (Wildman–Crippen MR) is 167 cm³/mol. The molecule has 0 radical (unpaired) electrons. The summed E-state index contributed by atoms with van der Waals surface area (Å²) < 4.78 is 35.4. The van der Waals surface area contributed by atoms with E-state index in [1.54, 1.807) is 35.3 Å². The van der Waals surface area contributed by atoms with Crippen molar-refractivity contribution < 1.29 is 13.2 Å². The second kappa shape index (κ2) is 10.9. The molecule has 1 aromatic heterocycles. The first kappa shape index (κ1) is 27.4. The molecule has 8 heteroatoms. The Hall–Kier alpha value is -2.81. The average Bonchev–Trinajstić information content (AvgIpc) is 3.34. The number of nitrogens with zero attached hydrogens (tertiary/aromatic N) is 2. The first-order valence-corrected chi connectivity index (χ1v) is 16.7. The fourth-order valence-corrected chi connectivity index (χ4v) is 9.50. The van der Waals surface area contributed by atoms with Crippen molar-refractivity contribution in [3.8, 4) is 5.75 Å². The lowest BCUT2D eigenvalue weighted by Gasteiger charge is -2.54. The number of methoxy groups -OCH3 is 1. The number of hydrogen-bond acceptors (Lipinski definition) is 5. The molecule has 2 atom stereocenters. The summed E-state index contributed by atoms with van der Waals surface area (Å²) in [6, 6.07) is 25.2. The van der Waals surface area contributed by atoms with Crippen molar-refractivity contribution >= 4 is 49.9 Å². The molecule has 1 aliphatic carbocycles. The Morgan fingerprint density at radius 1 is 0.975 bits per heavy atom. The minimum absolute atomic E-state index is 0.0519. The van der Waals surface area contributed by atoms with Gasteiger partial charge in [-0.05, 0) is 80.0 Å². The van der Waals surface area contributed by atoms with Gasteiger partial charge < -0.3 is 9.64 Å². The van der Waals surface area contributed by atoms with E-state index in [9.17, 15) is 8.42 Å². The number of thiocarbonyl (C=S) groups is 1. The predicted octanol–water partition coefficient (Wildman–Crippen LogP) is 7.49. The van der Waals surface area contributed by atoms with E-state index in [0.29, 0.717) is 5.75 Å². The molecule has 0 spiro atoms. The normalized spacial score (nSPS) is 20.8. The van der Waals surface area contributed by atoms with Gasteiger partial charge in [-0.2, -0.15) is 0 Å². The fourth-order valence-electron chi connectivity index (χ4n) is 6.74. The van der Waals surface area contributed by atoms with Crippen LogP contribution in [0.4, 0.5) is 0 Å². The summed E-state index contributed by atoms with van der Waals surface area (Å²) >= 11 is 7.88. The van der Waals surface area contributed by atoms with E-state index >= 15 is 0 Å². The zero-order chi connectivity index (χ0) is 27.9. The topological polar surface area (TPSA) is 51.5 Å². The van der Waals surface area contributed by atoms with Crippen molar-refractivity contribution in [1.29, 1.82) is 0 Å². The van der Waals surface area contributed by atoms with Crippen LogP contribution in [-0.2, 0) is 16.4 Å². The van der Waals surface area contributed by atoms with E-state index < -0.39 is 10.0 Å². The summed E-state index contributed by atoms with van der Waals surface area (Å²) in [5.41, 5.74) is 2.85. The van der Waals surface area contributed by atoms with Crippen LogP contribution in [0, 0.1) is 5.41 Å². The molecule has 0 saturated carbocycles. The Kier molecular flexibility index (Phi) is 7.44. The van der Waals surface area contributed by atoms with Crippen molar-refractivity contribution in [3.63, 3.8) is 0 Å².